The van der Waals surface area contributed by atoms with Gasteiger partial charge < -0.3 is 9.47 Å². The minimum Gasteiger partial charge on any atom is -0.461 e. The van der Waals surface area contributed by atoms with Crippen LogP contribution in [0, 0.1) is 0 Å². The molecule has 59 heavy (non-hydrogen) atoms. The quantitative estimate of drug-likeness (QED) is 0.0463. The molecule has 0 saturated heterocycles. The number of hydrogen-bond donors (Lipinski definition) is 5. The molecule has 0 atom stereocenters. The number of nitrogens with zero attached hydrogens (tertiary/aromatic N) is 3. The summed E-state index contributed by atoms with van der Waals surface area (Å²) in [5.41, 5.74) is -5.35. The summed E-state index contributed by atoms with van der Waals surface area (Å²) < 4.78 is 144. The number of hydrogen-bond acceptors (Lipinski definition) is 15. The van der Waals surface area contributed by atoms with E-state index in [1.54, 1.807) is 0 Å². The van der Waals surface area contributed by atoms with E-state index in [2.05, 4.69) is 10.2 Å². The van der Waals surface area contributed by atoms with Crippen LogP contribution in [0.1, 0.15) is 29.9 Å². The van der Waals surface area contributed by atoms with Crippen molar-refractivity contribution in [2.45, 2.75) is 33.4 Å². The smallest absolute Gasteiger partial charge is 0.359 e. The minimum atomic E-state index is -5.17. The van der Waals surface area contributed by atoms with Crippen molar-refractivity contribution in [3.63, 3.8) is 0 Å². The van der Waals surface area contributed by atoms with Crippen molar-refractivity contribution in [2.75, 3.05) is 18.2 Å². The molecule has 0 fully saturated rings. The molecule has 0 bridgehead atoms. The van der Waals surface area contributed by atoms with Crippen LogP contribution >= 0.6 is 0 Å². The number of aromatic amines is 1. The summed E-state index contributed by atoms with van der Waals surface area (Å²) in [6.07, 6.45) is 5.18. The number of rotatable bonds is 13. The number of amides is 1. The molecule has 1 aliphatic heterocycles. The number of allylic oxidation sites excluding steroid dienone is 4. The van der Waals surface area contributed by atoms with E-state index >= 15 is 0 Å². The second-order valence-electron chi connectivity index (χ2n) is 10.5. The number of anilines is 1. The molecule has 1 aliphatic rings. The summed E-state index contributed by atoms with van der Waals surface area (Å²) >= 11 is 0. The van der Waals surface area contributed by atoms with Crippen LogP contribution in [0.2, 0.25) is 0 Å². The van der Waals surface area contributed by atoms with Gasteiger partial charge in [0.15, 0.2) is 11.4 Å². The Balaban J connectivity index is 0.00000841. The summed E-state index contributed by atoms with van der Waals surface area (Å²) in [6.45, 7) is 2.38. The second kappa shape index (κ2) is 24.5. The average molecular weight is 1000 g/mol. The van der Waals surface area contributed by atoms with E-state index in [1.165, 1.54) is 13.8 Å². The second-order valence-corrected chi connectivity index (χ2v) is 16.2. The molecule has 30 heteroatoms. The van der Waals surface area contributed by atoms with Gasteiger partial charge in [0.05, 0.1) is 45.5 Å². The summed E-state index contributed by atoms with van der Waals surface area (Å²) in [5.74, 6) is -3.62. The molecule has 3 aromatic rings. The van der Waals surface area contributed by atoms with Gasteiger partial charge in [-0.3, -0.25) is 32.9 Å². The first kappa shape index (κ1) is 59.9. The first-order valence-corrected chi connectivity index (χ1v) is 20.5. The third kappa shape index (κ3) is 15.0. The van der Waals surface area contributed by atoms with E-state index in [0.29, 0.717) is 41.1 Å². The summed E-state index contributed by atoms with van der Waals surface area (Å²) in [6, 6.07) is 3.38. The molecule has 1 amide bonds. The Morgan fingerprint density at radius 1 is 0.695 bits per heavy atom. The monoisotopic (exact) mass is 1000 g/mol. The van der Waals surface area contributed by atoms with E-state index in [1.807, 2.05) is 0 Å². The van der Waals surface area contributed by atoms with Crippen LogP contribution in [0.3, 0.4) is 0 Å². The van der Waals surface area contributed by atoms with Crippen molar-refractivity contribution in [3.8, 4) is 5.69 Å². The van der Waals surface area contributed by atoms with Crippen LogP contribution in [0.15, 0.2) is 95.8 Å². The number of esters is 2. The number of aromatic nitrogens is 2. The van der Waals surface area contributed by atoms with E-state index < -0.39 is 117 Å². The third-order valence-electron chi connectivity index (χ3n) is 6.98. The summed E-state index contributed by atoms with van der Waals surface area (Å²) in [5, 5.41) is 6.29. The van der Waals surface area contributed by atoms with Gasteiger partial charge in [0.1, 0.15) is 9.79 Å². The molecule has 22 nitrogen and oxygen atoms in total. The molecule has 4 radical (unpaired) electrons. The standard InChI is InChI=1S/C29H26N4O18S4.4K/c1-3-50-28(36)24-18(26(34)32(30-24)20-14-16(52(38,39)40)10-12-22(20)54(44,45)46)8-6-5-7-9-19-25(29(37)51-4-2)31-33(27(19)35)21-15-17(53(41,42)43)11-13-23(21)55(47,48)49;;;;/h5-15,30H,3-4H2,1-2H3,(H,38,39,40)(H,41,42,43)(H,44,45,46)(H,47,48,49);;;;. The number of hydrazone groups is 1. The summed E-state index contributed by atoms with van der Waals surface area (Å²) in [7, 11) is -20.3. The van der Waals surface area contributed by atoms with Crippen LogP contribution in [0.25, 0.3) is 11.8 Å². The van der Waals surface area contributed by atoms with Gasteiger partial charge in [0, 0.05) is 206 Å². The molecule has 2 aromatic carbocycles. The fraction of sp³-hybridized carbons (Fsp3) is 0.138. The average Bonchev–Trinajstić information content (AvgIpc) is 3.58. The molecular formula is C29H26K4N4O18S4. The van der Waals surface area contributed by atoms with Crippen molar-refractivity contribution in [3.05, 3.63) is 87.9 Å². The largest absolute Gasteiger partial charge is 0.461 e. The zero-order valence-electron chi connectivity index (χ0n) is 31.7. The summed E-state index contributed by atoms with van der Waals surface area (Å²) in [4.78, 5) is 48.6. The Kier molecular flexibility index (Phi) is 24.8. The fourth-order valence-electron chi connectivity index (χ4n) is 4.67. The molecular weight excluding hydrogens is 977 g/mol. The van der Waals surface area contributed by atoms with E-state index in [-0.39, 0.29) is 224 Å². The zero-order valence-corrected chi connectivity index (χ0v) is 47.5. The molecule has 4 rings (SSSR count). The molecule has 0 saturated carbocycles. The fourth-order valence-corrected chi connectivity index (χ4v) is 6.98. The van der Waals surface area contributed by atoms with Gasteiger partial charge in [0.25, 0.3) is 51.9 Å². The SMILES string of the molecule is CCOC(=O)C1=NN(c2cc(S(=O)(=O)O)ccc2S(=O)(=O)O)C(=O)C1=CC=CC=Cc1c(C(=O)OCC)[nH]n(-c2cc(S(=O)(=O)O)ccc2S(=O)(=O)O)c1=O.[K].[K].[K].[K]. The predicted octanol–water partition coefficient (Wildman–Crippen LogP) is -0.732. The molecule has 0 aliphatic carbocycles. The third-order valence-corrected chi connectivity index (χ3v) is 10.5. The Morgan fingerprint density at radius 2 is 1.17 bits per heavy atom. The number of carbonyl (C=O) groups excluding carboxylic acids is 3. The van der Waals surface area contributed by atoms with Crippen molar-refractivity contribution >= 4 is 281 Å². The maximum Gasteiger partial charge on any atom is 0.359 e. The molecule has 5 N–H and O–H groups in total. The van der Waals surface area contributed by atoms with E-state index in [4.69, 9.17) is 9.47 Å². The Bertz CT molecular complexity index is 2780. The van der Waals surface area contributed by atoms with Crippen LogP contribution in [-0.2, 0) is 59.5 Å². The van der Waals surface area contributed by atoms with Crippen LogP contribution in [-0.4, -0.2) is 304 Å². The van der Waals surface area contributed by atoms with E-state index in [9.17, 15) is 71.1 Å². The maximum atomic E-state index is 13.5. The van der Waals surface area contributed by atoms with Crippen LogP contribution < -0.4 is 10.6 Å². The Hall–Kier alpha value is 0.935. The normalized spacial score (nSPS) is 13.9. The van der Waals surface area contributed by atoms with Gasteiger partial charge in [-0.15, -0.1) is 0 Å². The molecule has 298 valence electrons. The predicted molar refractivity (Wildman–Crippen MR) is 209 cm³/mol. The molecule has 0 spiro atoms. The number of carbonyl (C=O) groups is 3. The Labute approximate surface area is 506 Å². The van der Waals surface area contributed by atoms with Crippen molar-refractivity contribution in [1.82, 2.24) is 9.78 Å². The van der Waals surface area contributed by atoms with Crippen LogP contribution in [0.5, 0.6) is 0 Å². The van der Waals surface area contributed by atoms with Gasteiger partial charge in [-0.2, -0.15) is 43.8 Å². The van der Waals surface area contributed by atoms with Gasteiger partial charge in [-0.25, -0.2) is 14.3 Å². The maximum absolute atomic E-state index is 13.5. The minimum absolute atomic E-state index is 0. The zero-order chi connectivity index (χ0) is 41.3. The van der Waals surface area contributed by atoms with Crippen molar-refractivity contribution in [1.29, 1.82) is 0 Å². The van der Waals surface area contributed by atoms with Crippen LogP contribution in [0.4, 0.5) is 5.69 Å². The van der Waals surface area contributed by atoms with Gasteiger partial charge >= 0.3 is 11.9 Å². The number of H-pyrrole nitrogens is 1. The molecule has 2 heterocycles. The van der Waals surface area contributed by atoms with Gasteiger partial charge in [-0.1, -0.05) is 18.2 Å². The first-order valence-electron chi connectivity index (χ1n) is 14.8. The molecule has 1 aromatic heterocycles. The first-order chi connectivity index (χ1) is 25.4. The van der Waals surface area contributed by atoms with Gasteiger partial charge in [-0.05, 0) is 62.4 Å². The van der Waals surface area contributed by atoms with Crippen molar-refractivity contribution < 1.29 is 75.7 Å². The molecule has 0 unspecified atom stereocenters. The topological polar surface area (TPSA) is 341 Å². The Morgan fingerprint density at radius 3 is 1.64 bits per heavy atom. The number of benzene rings is 2. The van der Waals surface area contributed by atoms with Gasteiger partial charge in [0.2, 0.25) is 0 Å². The number of nitrogens with one attached hydrogen (secondary N) is 1. The number of ether oxygens (including phenoxy) is 2. The van der Waals surface area contributed by atoms with E-state index in [0.717, 1.165) is 30.4 Å². The van der Waals surface area contributed by atoms with Crippen molar-refractivity contribution in [2.24, 2.45) is 5.10 Å².